The van der Waals surface area contributed by atoms with E-state index in [4.69, 9.17) is 9.26 Å². The molecule has 0 radical (unpaired) electrons. The normalized spacial score (nSPS) is 20.6. The zero-order valence-electron chi connectivity index (χ0n) is 9.34. The van der Waals surface area contributed by atoms with Gasteiger partial charge in [-0.1, -0.05) is 5.16 Å². The Balaban J connectivity index is 1.85. The third-order valence-corrected chi connectivity index (χ3v) is 3.51. The number of thiazole rings is 1. The summed E-state index contributed by atoms with van der Waals surface area (Å²) in [6, 6.07) is 0. The summed E-state index contributed by atoms with van der Waals surface area (Å²) in [5.74, 6) is 1.12. The van der Waals surface area contributed by atoms with Gasteiger partial charge in [0.2, 0.25) is 5.82 Å². The molecule has 2 aromatic rings. The maximum absolute atomic E-state index is 5.57. The molecule has 1 saturated heterocycles. The Bertz CT molecular complexity index is 504. The van der Waals surface area contributed by atoms with Gasteiger partial charge in [-0.3, -0.25) is 0 Å². The van der Waals surface area contributed by atoms with Crippen LogP contribution < -0.4 is 5.32 Å². The molecule has 1 atom stereocenters. The Morgan fingerprint density at radius 1 is 1.53 bits per heavy atom. The molecule has 0 aromatic carbocycles. The summed E-state index contributed by atoms with van der Waals surface area (Å²) in [5.41, 5.74) is 2.68. The van der Waals surface area contributed by atoms with Crippen LogP contribution in [0.5, 0.6) is 0 Å². The number of aromatic nitrogens is 3. The highest BCUT2D eigenvalue weighted by Gasteiger charge is 2.22. The molecule has 1 aliphatic rings. The van der Waals surface area contributed by atoms with Crippen molar-refractivity contribution >= 4 is 11.3 Å². The number of aryl methyl sites for hydroxylation is 1. The minimum Gasteiger partial charge on any atom is -0.367 e. The molecule has 0 spiro atoms. The molecule has 17 heavy (non-hydrogen) atoms. The van der Waals surface area contributed by atoms with E-state index in [1.54, 1.807) is 5.51 Å². The molecule has 0 aliphatic carbocycles. The van der Waals surface area contributed by atoms with Gasteiger partial charge in [0.1, 0.15) is 11.0 Å². The van der Waals surface area contributed by atoms with Crippen molar-refractivity contribution in [2.24, 2.45) is 0 Å². The lowest BCUT2D eigenvalue weighted by Crippen LogP contribution is -2.33. The van der Waals surface area contributed by atoms with Gasteiger partial charge < -0.3 is 14.6 Å². The van der Waals surface area contributed by atoms with Crippen molar-refractivity contribution < 1.29 is 9.26 Å². The van der Waals surface area contributed by atoms with E-state index < -0.39 is 0 Å². The second-order valence-electron chi connectivity index (χ2n) is 3.79. The zero-order chi connectivity index (χ0) is 11.7. The van der Waals surface area contributed by atoms with Gasteiger partial charge in [-0.15, -0.1) is 11.3 Å². The molecule has 0 bridgehead atoms. The van der Waals surface area contributed by atoms with E-state index in [1.165, 1.54) is 11.3 Å². The number of hydrogen-bond acceptors (Lipinski definition) is 7. The molecule has 1 unspecified atom stereocenters. The molecule has 7 heteroatoms. The predicted molar refractivity (Wildman–Crippen MR) is 61.7 cm³/mol. The minimum atomic E-state index is -0.116. The monoisotopic (exact) mass is 252 g/mol. The van der Waals surface area contributed by atoms with Gasteiger partial charge in [0.15, 0.2) is 0 Å². The van der Waals surface area contributed by atoms with E-state index in [9.17, 15) is 0 Å². The molecule has 3 rings (SSSR count). The van der Waals surface area contributed by atoms with Crippen LogP contribution in [0.4, 0.5) is 0 Å². The maximum Gasteiger partial charge on any atom is 0.270 e. The summed E-state index contributed by atoms with van der Waals surface area (Å²) in [6.45, 7) is 4.19. The van der Waals surface area contributed by atoms with Gasteiger partial charge in [-0.05, 0) is 6.92 Å². The van der Waals surface area contributed by atoms with Gasteiger partial charge in [0.05, 0.1) is 17.8 Å². The van der Waals surface area contributed by atoms with Crippen molar-refractivity contribution in [3.05, 3.63) is 17.0 Å². The average molecular weight is 252 g/mol. The third kappa shape index (κ3) is 2.08. The molecule has 6 nitrogen and oxygen atoms in total. The van der Waals surface area contributed by atoms with Crippen molar-refractivity contribution in [1.82, 2.24) is 20.4 Å². The van der Waals surface area contributed by atoms with Crippen LogP contribution in [0.1, 0.15) is 17.6 Å². The summed E-state index contributed by atoms with van der Waals surface area (Å²) in [5, 5.41) is 7.20. The predicted octanol–water partition coefficient (Wildman–Crippen LogP) is 1.16. The van der Waals surface area contributed by atoms with E-state index >= 15 is 0 Å². The molecular weight excluding hydrogens is 240 g/mol. The Hall–Kier alpha value is -1.31. The Morgan fingerprint density at radius 2 is 2.47 bits per heavy atom. The number of morpholine rings is 1. The second kappa shape index (κ2) is 4.52. The van der Waals surface area contributed by atoms with E-state index in [0.29, 0.717) is 18.3 Å². The summed E-state index contributed by atoms with van der Waals surface area (Å²) in [4.78, 5) is 9.45. The number of nitrogens with one attached hydrogen (secondary N) is 1. The highest BCUT2D eigenvalue weighted by atomic mass is 32.1. The van der Waals surface area contributed by atoms with Crippen LogP contribution in [0.3, 0.4) is 0 Å². The molecule has 2 aromatic heterocycles. The lowest BCUT2D eigenvalue weighted by Gasteiger charge is -2.20. The van der Waals surface area contributed by atoms with Gasteiger partial charge >= 0.3 is 0 Å². The van der Waals surface area contributed by atoms with E-state index in [0.717, 1.165) is 23.7 Å². The lowest BCUT2D eigenvalue weighted by molar-refractivity contribution is 0.0208. The lowest BCUT2D eigenvalue weighted by atomic mass is 10.3. The van der Waals surface area contributed by atoms with Gasteiger partial charge in [0, 0.05) is 13.1 Å². The SMILES string of the molecule is Cc1ncsc1-c1nc(C2CNCCO2)no1. The molecular formula is C10H12N4O2S. The van der Waals surface area contributed by atoms with Crippen molar-refractivity contribution in [1.29, 1.82) is 0 Å². The van der Waals surface area contributed by atoms with E-state index in [-0.39, 0.29) is 6.10 Å². The molecule has 0 amide bonds. The van der Waals surface area contributed by atoms with E-state index in [2.05, 4.69) is 20.4 Å². The number of rotatable bonds is 2. The van der Waals surface area contributed by atoms with Crippen molar-refractivity contribution in [3.8, 4) is 10.8 Å². The molecule has 0 saturated carbocycles. The smallest absolute Gasteiger partial charge is 0.270 e. The van der Waals surface area contributed by atoms with Crippen LogP contribution in [-0.4, -0.2) is 34.8 Å². The van der Waals surface area contributed by atoms with E-state index in [1.807, 2.05) is 6.92 Å². The molecule has 1 fully saturated rings. The van der Waals surface area contributed by atoms with Crippen LogP contribution in [0.25, 0.3) is 10.8 Å². The zero-order valence-corrected chi connectivity index (χ0v) is 10.2. The van der Waals surface area contributed by atoms with Crippen molar-refractivity contribution in [2.75, 3.05) is 19.7 Å². The van der Waals surface area contributed by atoms with Crippen LogP contribution in [0.15, 0.2) is 10.0 Å². The summed E-state index contributed by atoms with van der Waals surface area (Å²) in [7, 11) is 0. The molecule has 1 aliphatic heterocycles. The minimum absolute atomic E-state index is 0.116. The average Bonchev–Trinajstić information content (AvgIpc) is 2.98. The first-order valence-corrected chi connectivity index (χ1v) is 6.29. The number of hydrogen-bond donors (Lipinski definition) is 1. The Kier molecular flexibility index (Phi) is 2.87. The molecule has 1 N–H and O–H groups in total. The van der Waals surface area contributed by atoms with Crippen molar-refractivity contribution in [2.45, 2.75) is 13.0 Å². The number of nitrogens with zero attached hydrogens (tertiary/aromatic N) is 3. The van der Waals surface area contributed by atoms with Crippen LogP contribution >= 0.6 is 11.3 Å². The highest BCUT2D eigenvalue weighted by Crippen LogP contribution is 2.27. The first-order chi connectivity index (χ1) is 8.34. The van der Waals surface area contributed by atoms with Crippen LogP contribution in [0, 0.1) is 6.92 Å². The highest BCUT2D eigenvalue weighted by molar-refractivity contribution is 7.13. The van der Waals surface area contributed by atoms with Gasteiger partial charge in [-0.2, -0.15) is 4.98 Å². The fraction of sp³-hybridized carbons (Fsp3) is 0.500. The Labute approximate surface area is 102 Å². The summed E-state index contributed by atoms with van der Waals surface area (Å²) < 4.78 is 10.8. The summed E-state index contributed by atoms with van der Waals surface area (Å²) >= 11 is 1.50. The van der Waals surface area contributed by atoms with Crippen LogP contribution in [0.2, 0.25) is 0 Å². The quantitative estimate of drug-likeness (QED) is 0.864. The fourth-order valence-electron chi connectivity index (χ4n) is 1.70. The molecule has 3 heterocycles. The van der Waals surface area contributed by atoms with Crippen LogP contribution in [-0.2, 0) is 4.74 Å². The Morgan fingerprint density at radius 3 is 3.18 bits per heavy atom. The molecule has 90 valence electrons. The third-order valence-electron chi connectivity index (χ3n) is 2.60. The first-order valence-electron chi connectivity index (χ1n) is 5.41. The second-order valence-corrected chi connectivity index (χ2v) is 4.64. The maximum atomic E-state index is 5.57. The van der Waals surface area contributed by atoms with Gasteiger partial charge in [-0.25, -0.2) is 4.98 Å². The topological polar surface area (TPSA) is 73.1 Å². The van der Waals surface area contributed by atoms with Crippen molar-refractivity contribution in [3.63, 3.8) is 0 Å². The van der Waals surface area contributed by atoms with Gasteiger partial charge in [0.25, 0.3) is 5.89 Å². The fourth-order valence-corrected chi connectivity index (χ4v) is 2.42. The number of ether oxygens (including phenoxy) is 1. The standard InChI is InChI=1S/C10H12N4O2S/c1-6-8(17-5-12-6)10-13-9(14-16-10)7-4-11-2-3-15-7/h5,7,11H,2-4H2,1H3. The summed E-state index contributed by atoms with van der Waals surface area (Å²) in [6.07, 6.45) is -0.116. The first kappa shape index (κ1) is 10.8. The largest absolute Gasteiger partial charge is 0.367 e.